The van der Waals surface area contributed by atoms with Crippen molar-refractivity contribution in [3.8, 4) is 11.1 Å². The summed E-state index contributed by atoms with van der Waals surface area (Å²) in [5, 5.41) is 8.10. The fourth-order valence-electron chi connectivity index (χ4n) is 5.94. The predicted molar refractivity (Wildman–Crippen MR) is 202 cm³/mol. The zero-order valence-corrected chi connectivity index (χ0v) is 31.7. The topological polar surface area (TPSA) is 215 Å². The average molecular weight is 759 g/mol. The van der Waals surface area contributed by atoms with Crippen LogP contribution in [-0.2, 0) is 38.0 Å². The molecular formula is C38H58N6O10. The first-order valence-corrected chi connectivity index (χ1v) is 18.5. The molecule has 5 amide bonds. The van der Waals surface area contributed by atoms with Gasteiger partial charge in [0.25, 0.3) is 0 Å². The van der Waals surface area contributed by atoms with Gasteiger partial charge in [0.2, 0.25) is 11.8 Å². The third-order valence-corrected chi connectivity index (χ3v) is 8.50. The van der Waals surface area contributed by atoms with Crippen LogP contribution in [0.15, 0.2) is 48.5 Å². The molecule has 0 spiro atoms. The molecule has 1 aliphatic carbocycles. The molecule has 7 N–H and O–H groups in total. The minimum Gasteiger partial charge on any atom is -0.436 e. The van der Waals surface area contributed by atoms with Gasteiger partial charge in [0.1, 0.15) is 12.1 Å². The Hall–Kier alpha value is -4.32. The number of carbonyl (C=O) groups is 4. The van der Waals surface area contributed by atoms with Crippen molar-refractivity contribution in [2.24, 2.45) is 17.4 Å². The van der Waals surface area contributed by atoms with Crippen LogP contribution in [0.25, 0.3) is 11.1 Å². The SMILES string of the molecule is CC(C)[C@@H](C(=O)N[C@@H](CCCNC(N)=O)C(=O)NCCOCCOCCOCCOCCOCCN)N(C)C(=O)OC1c2ccccc2-c2ccccc21. The second-order valence-electron chi connectivity index (χ2n) is 12.9. The lowest BCUT2D eigenvalue weighted by molar-refractivity contribution is -0.132. The van der Waals surface area contributed by atoms with Crippen molar-refractivity contribution in [3.05, 3.63) is 59.7 Å². The molecule has 2 atom stereocenters. The molecule has 16 nitrogen and oxygen atoms in total. The molecule has 0 unspecified atom stereocenters. The number of hydrogen-bond acceptors (Lipinski definition) is 11. The highest BCUT2D eigenvalue weighted by Crippen LogP contribution is 2.45. The smallest absolute Gasteiger partial charge is 0.411 e. The van der Waals surface area contributed by atoms with E-state index in [1.807, 2.05) is 62.4 Å². The van der Waals surface area contributed by atoms with E-state index in [0.29, 0.717) is 72.4 Å². The van der Waals surface area contributed by atoms with Crippen molar-refractivity contribution >= 4 is 23.9 Å². The summed E-state index contributed by atoms with van der Waals surface area (Å²) in [6.45, 7) is 8.65. The number of urea groups is 1. The number of nitrogens with zero attached hydrogens (tertiary/aromatic N) is 1. The Morgan fingerprint density at radius 3 is 1.70 bits per heavy atom. The van der Waals surface area contributed by atoms with Crippen LogP contribution in [0.3, 0.4) is 0 Å². The number of primary amides is 1. The lowest BCUT2D eigenvalue weighted by Crippen LogP contribution is -2.56. The molecule has 0 saturated heterocycles. The van der Waals surface area contributed by atoms with Crippen LogP contribution >= 0.6 is 0 Å². The van der Waals surface area contributed by atoms with Gasteiger partial charge in [-0.05, 0) is 29.9 Å². The summed E-state index contributed by atoms with van der Waals surface area (Å²) in [5.41, 5.74) is 14.3. The van der Waals surface area contributed by atoms with Crippen LogP contribution in [0.1, 0.15) is 43.9 Å². The third kappa shape index (κ3) is 14.8. The number of nitrogens with two attached hydrogens (primary N) is 2. The Balaban J connectivity index is 1.44. The monoisotopic (exact) mass is 758 g/mol. The fourth-order valence-corrected chi connectivity index (χ4v) is 5.94. The molecular weight excluding hydrogens is 700 g/mol. The van der Waals surface area contributed by atoms with Crippen molar-refractivity contribution in [2.75, 3.05) is 92.8 Å². The molecule has 300 valence electrons. The average Bonchev–Trinajstić information content (AvgIpc) is 3.46. The van der Waals surface area contributed by atoms with Crippen molar-refractivity contribution in [2.45, 2.75) is 44.9 Å². The molecule has 0 aromatic heterocycles. The maximum Gasteiger partial charge on any atom is 0.411 e. The normalized spacial score (nSPS) is 13.1. The number of amides is 5. The van der Waals surface area contributed by atoms with Crippen molar-refractivity contribution in [1.82, 2.24) is 20.9 Å². The second-order valence-corrected chi connectivity index (χ2v) is 12.9. The molecule has 2 aromatic rings. The molecule has 1 aliphatic rings. The van der Waals surface area contributed by atoms with Gasteiger partial charge >= 0.3 is 12.1 Å². The first-order chi connectivity index (χ1) is 26.1. The second kappa shape index (κ2) is 24.9. The number of carbonyl (C=O) groups excluding carboxylic acids is 4. The van der Waals surface area contributed by atoms with E-state index in [-0.39, 0.29) is 32.0 Å². The number of ether oxygens (including phenoxy) is 6. The van der Waals surface area contributed by atoms with Gasteiger partial charge in [0, 0.05) is 37.8 Å². The quantitative estimate of drug-likeness (QED) is 0.0831. The number of rotatable bonds is 27. The highest BCUT2D eigenvalue weighted by Gasteiger charge is 2.37. The summed E-state index contributed by atoms with van der Waals surface area (Å²) in [7, 11) is 1.51. The summed E-state index contributed by atoms with van der Waals surface area (Å²) < 4.78 is 33.2. The standard InChI is InChI=1S/C38H58N6O10/c1-27(2)33(44(3)38(48)54-34-30-11-6-4-9-28(30)29-10-5-7-12-31(29)34)36(46)43-32(13-8-15-42-37(40)47)35(45)41-16-18-50-20-22-52-24-26-53-25-23-51-21-19-49-17-14-39/h4-7,9-12,27,32-34H,8,13-26,39H2,1-3H3,(H,41,45)(H,43,46)(H3,40,42,47)/t32-,33-/m0/s1. The van der Waals surface area contributed by atoms with Crippen molar-refractivity contribution in [3.63, 3.8) is 0 Å². The largest absolute Gasteiger partial charge is 0.436 e. The van der Waals surface area contributed by atoms with Crippen LogP contribution in [0.4, 0.5) is 9.59 Å². The number of likely N-dealkylation sites (N-methyl/N-ethyl adjacent to an activating group) is 1. The van der Waals surface area contributed by atoms with Gasteiger partial charge in [-0.15, -0.1) is 0 Å². The Bertz CT molecular complexity index is 1400. The van der Waals surface area contributed by atoms with Gasteiger partial charge in [-0.2, -0.15) is 0 Å². The maximum atomic E-state index is 13.8. The van der Waals surface area contributed by atoms with Crippen LogP contribution in [0.5, 0.6) is 0 Å². The maximum absolute atomic E-state index is 13.8. The summed E-state index contributed by atoms with van der Waals surface area (Å²) in [5.74, 6) is -1.27. The lowest BCUT2D eigenvalue weighted by Gasteiger charge is -2.32. The molecule has 16 heteroatoms. The molecule has 0 heterocycles. The number of benzene rings is 2. The minimum atomic E-state index is -0.954. The number of fused-ring (bicyclic) bond motifs is 3. The summed E-state index contributed by atoms with van der Waals surface area (Å²) in [6.07, 6.45) is -0.734. The summed E-state index contributed by atoms with van der Waals surface area (Å²) >= 11 is 0. The van der Waals surface area contributed by atoms with E-state index in [0.717, 1.165) is 22.3 Å². The van der Waals surface area contributed by atoms with E-state index >= 15 is 0 Å². The van der Waals surface area contributed by atoms with Crippen LogP contribution in [0, 0.1) is 5.92 Å². The van der Waals surface area contributed by atoms with Gasteiger partial charge in [-0.25, -0.2) is 9.59 Å². The Kier molecular flexibility index (Phi) is 20.3. The highest BCUT2D eigenvalue weighted by molar-refractivity contribution is 5.91. The molecule has 2 aromatic carbocycles. The summed E-state index contributed by atoms with van der Waals surface area (Å²) in [6, 6.07) is 12.9. The van der Waals surface area contributed by atoms with E-state index in [2.05, 4.69) is 16.0 Å². The third-order valence-electron chi connectivity index (χ3n) is 8.50. The Morgan fingerprint density at radius 2 is 1.20 bits per heavy atom. The van der Waals surface area contributed by atoms with Crippen molar-refractivity contribution in [1.29, 1.82) is 0 Å². The Morgan fingerprint density at radius 1 is 0.704 bits per heavy atom. The van der Waals surface area contributed by atoms with E-state index in [1.54, 1.807) is 0 Å². The van der Waals surface area contributed by atoms with Gasteiger partial charge in [-0.3, -0.25) is 14.5 Å². The minimum absolute atomic E-state index is 0.190. The number of hydrogen-bond donors (Lipinski definition) is 5. The van der Waals surface area contributed by atoms with Gasteiger partial charge < -0.3 is 55.8 Å². The van der Waals surface area contributed by atoms with Crippen LogP contribution in [0.2, 0.25) is 0 Å². The molecule has 0 fully saturated rings. The van der Waals surface area contributed by atoms with Crippen LogP contribution < -0.4 is 27.4 Å². The molecule has 0 aliphatic heterocycles. The molecule has 54 heavy (non-hydrogen) atoms. The summed E-state index contributed by atoms with van der Waals surface area (Å²) in [4.78, 5) is 53.1. The molecule has 0 bridgehead atoms. The van der Waals surface area contributed by atoms with E-state index in [4.69, 9.17) is 39.9 Å². The van der Waals surface area contributed by atoms with Crippen LogP contribution in [-0.4, -0.2) is 134 Å². The first-order valence-electron chi connectivity index (χ1n) is 18.5. The van der Waals surface area contributed by atoms with E-state index in [9.17, 15) is 19.2 Å². The fraction of sp³-hybridized carbons (Fsp3) is 0.579. The van der Waals surface area contributed by atoms with Gasteiger partial charge in [0.05, 0.1) is 66.1 Å². The molecule has 0 radical (unpaired) electrons. The lowest BCUT2D eigenvalue weighted by atomic mass is 10.0. The van der Waals surface area contributed by atoms with Gasteiger partial charge in [0.15, 0.2) is 6.10 Å². The van der Waals surface area contributed by atoms with Crippen molar-refractivity contribution < 1.29 is 47.6 Å². The molecule has 3 rings (SSSR count). The Labute approximate surface area is 317 Å². The van der Waals surface area contributed by atoms with E-state index in [1.165, 1.54) is 11.9 Å². The highest BCUT2D eigenvalue weighted by atomic mass is 16.6. The molecule has 0 saturated carbocycles. The number of nitrogens with one attached hydrogen (secondary N) is 3. The van der Waals surface area contributed by atoms with E-state index < -0.39 is 42.1 Å². The zero-order chi connectivity index (χ0) is 39.1. The predicted octanol–water partition coefficient (Wildman–Crippen LogP) is 1.94. The first kappa shape index (κ1) is 44.1. The zero-order valence-electron chi connectivity index (χ0n) is 31.7. The van der Waals surface area contributed by atoms with Gasteiger partial charge in [-0.1, -0.05) is 62.4 Å².